The smallest absolute Gasteiger partial charge is 0.126 e. The molecule has 0 saturated heterocycles. The molecular weight excluding hydrogens is 138 g/mol. The van der Waals surface area contributed by atoms with Gasteiger partial charge in [0, 0.05) is 7.05 Å². The summed E-state index contributed by atoms with van der Waals surface area (Å²) in [6.07, 6.45) is 0. The molecule has 0 amide bonds. The average Bonchev–Trinajstić information content (AvgIpc) is 2.17. The van der Waals surface area contributed by atoms with E-state index in [1.54, 1.807) is 0 Å². The van der Waals surface area contributed by atoms with Gasteiger partial charge in [0.15, 0.2) is 0 Å². The van der Waals surface area contributed by atoms with Crippen molar-refractivity contribution < 1.29 is 0 Å². The third-order valence-corrected chi connectivity index (χ3v) is 1.94. The molecule has 1 aromatic heterocycles. The molecule has 3 heteroatoms. The van der Waals surface area contributed by atoms with Gasteiger partial charge in [-0.3, -0.25) is 0 Å². The van der Waals surface area contributed by atoms with Crippen LogP contribution in [-0.4, -0.2) is 9.55 Å². The molecule has 1 aromatic rings. The van der Waals surface area contributed by atoms with Crippen molar-refractivity contribution in [2.45, 2.75) is 26.7 Å². The minimum atomic E-state index is 0.412. The van der Waals surface area contributed by atoms with E-state index in [4.69, 9.17) is 5.73 Å². The van der Waals surface area contributed by atoms with Crippen LogP contribution in [0.2, 0.25) is 0 Å². The van der Waals surface area contributed by atoms with E-state index in [9.17, 15) is 0 Å². The number of nitrogen functional groups attached to an aromatic ring is 1. The topological polar surface area (TPSA) is 43.8 Å². The highest BCUT2D eigenvalue weighted by Crippen LogP contribution is 2.20. The highest BCUT2D eigenvalue weighted by molar-refractivity contribution is 5.39. The van der Waals surface area contributed by atoms with Crippen molar-refractivity contribution in [2.24, 2.45) is 7.05 Å². The summed E-state index contributed by atoms with van der Waals surface area (Å²) in [6, 6.07) is 0. The van der Waals surface area contributed by atoms with Crippen molar-refractivity contribution in [2.75, 3.05) is 5.73 Å². The molecule has 0 aliphatic heterocycles. The van der Waals surface area contributed by atoms with Crippen molar-refractivity contribution in [3.8, 4) is 0 Å². The van der Waals surface area contributed by atoms with Crippen LogP contribution >= 0.6 is 0 Å². The molecule has 11 heavy (non-hydrogen) atoms. The van der Waals surface area contributed by atoms with E-state index in [1.807, 2.05) is 18.5 Å². The first-order valence-corrected chi connectivity index (χ1v) is 3.82. The minimum Gasteiger partial charge on any atom is -0.384 e. The van der Waals surface area contributed by atoms with E-state index in [2.05, 4.69) is 18.8 Å². The molecular formula is C8H15N3. The zero-order valence-corrected chi connectivity index (χ0v) is 7.55. The predicted molar refractivity (Wildman–Crippen MR) is 46.4 cm³/mol. The maximum Gasteiger partial charge on any atom is 0.126 e. The highest BCUT2D eigenvalue weighted by Gasteiger charge is 2.11. The van der Waals surface area contributed by atoms with Crippen LogP contribution in [0.1, 0.15) is 31.3 Å². The van der Waals surface area contributed by atoms with Crippen molar-refractivity contribution in [1.82, 2.24) is 9.55 Å². The first-order valence-electron chi connectivity index (χ1n) is 3.82. The third-order valence-electron chi connectivity index (χ3n) is 1.94. The van der Waals surface area contributed by atoms with E-state index < -0.39 is 0 Å². The molecule has 0 aliphatic rings. The Morgan fingerprint density at radius 1 is 1.45 bits per heavy atom. The largest absolute Gasteiger partial charge is 0.384 e. The molecule has 0 bridgehead atoms. The number of rotatable bonds is 1. The molecule has 0 atom stereocenters. The molecule has 1 rings (SSSR count). The first-order chi connectivity index (χ1) is 5.04. The lowest BCUT2D eigenvalue weighted by Gasteiger charge is -2.01. The van der Waals surface area contributed by atoms with Crippen LogP contribution < -0.4 is 5.73 Å². The van der Waals surface area contributed by atoms with E-state index in [0.717, 1.165) is 17.3 Å². The van der Waals surface area contributed by atoms with Gasteiger partial charge >= 0.3 is 0 Å². The van der Waals surface area contributed by atoms with Gasteiger partial charge in [-0.2, -0.15) is 0 Å². The van der Waals surface area contributed by atoms with Gasteiger partial charge in [-0.1, -0.05) is 13.8 Å². The fourth-order valence-electron chi connectivity index (χ4n) is 1.08. The summed E-state index contributed by atoms with van der Waals surface area (Å²) in [5, 5.41) is 0. The summed E-state index contributed by atoms with van der Waals surface area (Å²) in [5.74, 6) is 2.18. The van der Waals surface area contributed by atoms with Crippen LogP contribution in [-0.2, 0) is 7.05 Å². The van der Waals surface area contributed by atoms with Crippen molar-refractivity contribution in [1.29, 1.82) is 0 Å². The van der Waals surface area contributed by atoms with Crippen LogP contribution in [0, 0.1) is 6.92 Å². The Kier molecular flexibility index (Phi) is 1.89. The summed E-state index contributed by atoms with van der Waals surface area (Å²) in [5.41, 5.74) is 6.81. The summed E-state index contributed by atoms with van der Waals surface area (Å²) >= 11 is 0. The number of hydrogen-bond acceptors (Lipinski definition) is 2. The van der Waals surface area contributed by atoms with E-state index >= 15 is 0 Å². The van der Waals surface area contributed by atoms with Gasteiger partial charge < -0.3 is 10.3 Å². The lowest BCUT2D eigenvalue weighted by atomic mass is 10.1. The number of aryl methyl sites for hydroxylation is 1. The lowest BCUT2D eigenvalue weighted by Crippen LogP contribution is -2.00. The molecule has 2 N–H and O–H groups in total. The van der Waals surface area contributed by atoms with Gasteiger partial charge in [-0.05, 0) is 12.8 Å². The van der Waals surface area contributed by atoms with Gasteiger partial charge in [-0.15, -0.1) is 0 Å². The van der Waals surface area contributed by atoms with Gasteiger partial charge in [0.1, 0.15) is 11.6 Å². The van der Waals surface area contributed by atoms with Crippen LogP contribution in [0.5, 0.6) is 0 Å². The molecule has 1 heterocycles. The summed E-state index contributed by atoms with van der Waals surface area (Å²) in [4.78, 5) is 4.35. The SMILES string of the molecule is Cc1nc(C(C)C)c(N)n1C. The van der Waals surface area contributed by atoms with Crippen LogP contribution in [0.3, 0.4) is 0 Å². The Bertz CT molecular complexity index is 261. The van der Waals surface area contributed by atoms with Gasteiger partial charge in [0.2, 0.25) is 0 Å². The average molecular weight is 153 g/mol. The second kappa shape index (κ2) is 2.57. The van der Waals surface area contributed by atoms with Gasteiger partial charge in [0.05, 0.1) is 5.69 Å². The molecule has 0 saturated carbocycles. The molecule has 0 fully saturated rings. The molecule has 3 nitrogen and oxygen atoms in total. The number of anilines is 1. The third kappa shape index (κ3) is 1.23. The Morgan fingerprint density at radius 2 is 2.00 bits per heavy atom. The van der Waals surface area contributed by atoms with Gasteiger partial charge in [0.25, 0.3) is 0 Å². The number of hydrogen-bond donors (Lipinski definition) is 1. The second-order valence-electron chi connectivity index (χ2n) is 3.14. The van der Waals surface area contributed by atoms with Crippen molar-refractivity contribution in [3.63, 3.8) is 0 Å². The molecule has 62 valence electrons. The predicted octanol–water partition coefficient (Wildman–Crippen LogP) is 1.43. The number of nitrogens with zero attached hydrogens (tertiary/aromatic N) is 2. The van der Waals surface area contributed by atoms with Crippen molar-refractivity contribution in [3.05, 3.63) is 11.5 Å². The molecule has 0 spiro atoms. The van der Waals surface area contributed by atoms with E-state index in [1.165, 1.54) is 0 Å². The standard InChI is InChI=1S/C8H15N3/c1-5(2)7-8(9)11(4)6(3)10-7/h5H,9H2,1-4H3. The Balaban J connectivity index is 3.19. The fourth-order valence-corrected chi connectivity index (χ4v) is 1.08. The normalized spacial score (nSPS) is 11.0. The fraction of sp³-hybridized carbons (Fsp3) is 0.625. The maximum atomic E-state index is 5.80. The second-order valence-corrected chi connectivity index (χ2v) is 3.14. The number of aromatic nitrogens is 2. The monoisotopic (exact) mass is 153 g/mol. The molecule has 0 unspecified atom stereocenters. The maximum absolute atomic E-state index is 5.80. The Hall–Kier alpha value is -0.990. The van der Waals surface area contributed by atoms with Crippen LogP contribution in [0.25, 0.3) is 0 Å². The van der Waals surface area contributed by atoms with E-state index in [0.29, 0.717) is 5.92 Å². The van der Waals surface area contributed by atoms with Gasteiger partial charge in [-0.25, -0.2) is 4.98 Å². The van der Waals surface area contributed by atoms with E-state index in [-0.39, 0.29) is 0 Å². The Morgan fingerprint density at radius 3 is 2.18 bits per heavy atom. The molecule has 0 aromatic carbocycles. The summed E-state index contributed by atoms with van der Waals surface area (Å²) in [7, 11) is 1.93. The quantitative estimate of drug-likeness (QED) is 0.663. The molecule has 0 aliphatic carbocycles. The summed E-state index contributed by atoms with van der Waals surface area (Å²) < 4.78 is 1.91. The van der Waals surface area contributed by atoms with Crippen LogP contribution in [0.4, 0.5) is 5.82 Å². The Labute approximate surface area is 67.2 Å². The zero-order chi connectivity index (χ0) is 8.59. The highest BCUT2D eigenvalue weighted by atomic mass is 15.1. The zero-order valence-electron chi connectivity index (χ0n) is 7.55. The minimum absolute atomic E-state index is 0.412. The lowest BCUT2D eigenvalue weighted by molar-refractivity contribution is 0.831. The summed E-state index contributed by atoms with van der Waals surface area (Å²) in [6.45, 7) is 6.15. The molecule has 0 radical (unpaired) electrons. The number of imidazole rings is 1. The van der Waals surface area contributed by atoms with Crippen molar-refractivity contribution >= 4 is 5.82 Å². The first kappa shape index (κ1) is 8.11. The van der Waals surface area contributed by atoms with Crippen LogP contribution in [0.15, 0.2) is 0 Å². The number of nitrogens with two attached hydrogens (primary N) is 1.